The molecule has 2 aromatic rings. The van der Waals surface area contributed by atoms with Crippen molar-refractivity contribution in [2.24, 2.45) is 0 Å². The monoisotopic (exact) mass is 374 g/mol. The summed E-state index contributed by atoms with van der Waals surface area (Å²) in [7, 11) is 0. The third-order valence-electron chi connectivity index (χ3n) is 6.69. The summed E-state index contributed by atoms with van der Waals surface area (Å²) in [6.45, 7) is 7.98. The van der Waals surface area contributed by atoms with Crippen molar-refractivity contribution in [1.29, 1.82) is 0 Å². The molecule has 2 N–H and O–H groups in total. The maximum absolute atomic E-state index is 15.1. The Morgan fingerprint density at radius 1 is 1.23 bits per heavy atom. The van der Waals surface area contributed by atoms with Gasteiger partial charge in [-0.2, -0.15) is 0 Å². The molecule has 1 aromatic heterocycles. The van der Waals surface area contributed by atoms with Gasteiger partial charge >= 0.3 is 0 Å². The van der Waals surface area contributed by atoms with Crippen LogP contribution in [0, 0.1) is 12.7 Å². The first kappa shape index (κ1) is 17.7. The first-order chi connectivity index (χ1) is 12.1. The molecule has 0 saturated heterocycles. The van der Waals surface area contributed by atoms with Gasteiger partial charge in [-0.05, 0) is 69.4 Å². The molecular formula is C21H24ClFN2O. The number of pyridine rings is 1. The van der Waals surface area contributed by atoms with Crippen molar-refractivity contribution in [2.45, 2.75) is 63.5 Å². The molecule has 2 heterocycles. The van der Waals surface area contributed by atoms with Crippen LogP contribution in [0.5, 0.6) is 0 Å². The maximum atomic E-state index is 15.1. The van der Waals surface area contributed by atoms with Crippen LogP contribution in [-0.2, 0) is 5.41 Å². The van der Waals surface area contributed by atoms with Gasteiger partial charge in [0.05, 0.1) is 11.1 Å². The van der Waals surface area contributed by atoms with Gasteiger partial charge in [0.25, 0.3) is 0 Å². The van der Waals surface area contributed by atoms with Gasteiger partial charge in [-0.3, -0.25) is 0 Å². The van der Waals surface area contributed by atoms with E-state index in [1.807, 2.05) is 32.9 Å². The second-order valence-corrected chi connectivity index (χ2v) is 8.83. The maximum Gasteiger partial charge on any atom is 0.137 e. The summed E-state index contributed by atoms with van der Waals surface area (Å²) >= 11 is 6.30. The van der Waals surface area contributed by atoms with Gasteiger partial charge in [-0.15, -0.1) is 0 Å². The summed E-state index contributed by atoms with van der Waals surface area (Å²) in [6.07, 6.45) is 4.16. The van der Waals surface area contributed by atoms with E-state index in [2.05, 4.69) is 17.2 Å². The number of fused-ring (bicyclic) bond motifs is 3. The first-order valence-electron chi connectivity index (χ1n) is 9.07. The normalized spacial score (nSPS) is 29.0. The van der Waals surface area contributed by atoms with E-state index >= 15 is 4.39 Å². The number of hydrogen-bond acceptors (Lipinski definition) is 3. The molecule has 1 aliphatic heterocycles. The van der Waals surface area contributed by atoms with Crippen LogP contribution in [0.1, 0.15) is 51.2 Å². The molecule has 1 aliphatic carbocycles. The van der Waals surface area contributed by atoms with Crippen molar-refractivity contribution in [2.75, 3.05) is 5.32 Å². The topological polar surface area (TPSA) is 45.2 Å². The number of nitrogens with one attached hydrogen (secondary N) is 1. The van der Waals surface area contributed by atoms with Crippen LogP contribution in [-0.4, -0.2) is 21.2 Å². The Labute approximate surface area is 158 Å². The van der Waals surface area contributed by atoms with E-state index < -0.39 is 16.6 Å². The minimum Gasteiger partial charge on any atom is -0.387 e. The minimum atomic E-state index is -0.893. The molecule has 2 atom stereocenters. The Hall–Kier alpha value is -1.65. The molecule has 1 saturated carbocycles. The zero-order valence-corrected chi connectivity index (χ0v) is 16.3. The number of anilines is 1. The van der Waals surface area contributed by atoms with Crippen molar-refractivity contribution in [3.05, 3.63) is 46.5 Å². The molecule has 3 nitrogen and oxygen atoms in total. The van der Waals surface area contributed by atoms with Crippen LogP contribution in [0.3, 0.4) is 0 Å². The summed E-state index contributed by atoms with van der Waals surface area (Å²) in [4.78, 5) is 4.12. The number of aliphatic hydroxyl groups is 1. The highest BCUT2D eigenvalue weighted by molar-refractivity contribution is 6.32. The Morgan fingerprint density at radius 2 is 1.96 bits per heavy atom. The van der Waals surface area contributed by atoms with E-state index in [0.717, 1.165) is 36.1 Å². The number of aryl methyl sites for hydroxylation is 1. The number of rotatable bonds is 1. The summed E-state index contributed by atoms with van der Waals surface area (Å²) in [5.41, 5.74) is 1.76. The Morgan fingerprint density at radius 3 is 2.65 bits per heavy atom. The zero-order valence-electron chi connectivity index (χ0n) is 15.6. The van der Waals surface area contributed by atoms with Crippen LogP contribution in [0.2, 0.25) is 5.15 Å². The Balaban J connectivity index is 1.99. The van der Waals surface area contributed by atoms with Crippen LogP contribution >= 0.6 is 11.6 Å². The smallest absolute Gasteiger partial charge is 0.137 e. The summed E-state index contributed by atoms with van der Waals surface area (Å²) in [5, 5.41) is 15.3. The van der Waals surface area contributed by atoms with Crippen molar-refractivity contribution < 1.29 is 9.50 Å². The highest BCUT2D eigenvalue weighted by Crippen LogP contribution is 2.59. The van der Waals surface area contributed by atoms with E-state index in [0.29, 0.717) is 16.3 Å². The third-order valence-corrected chi connectivity index (χ3v) is 6.98. The van der Waals surface area contributed by atoms with Gasteiger partial charge in [-0.1, -0.05) is 18.5 Å². The lowest BCUT2D eigenvalue weighted by atomic mass is 9.60. The molecule has 1 aromatic carbocycles. The highest BCUT2D eigenvalue weighted by atomic mass is 35.5. The fourth-order valence-electron chi connectivity index (χ4n) is 5.15. The molecule has 1 fully saturated rings. The lowest BCUT2D eigenvalue weighted by Gasteiger charge is -2.55. The van der Waals surface area contributed by atoms with Crippen LogP contribution in [0.15, 0.2) is 24.4 Å². The molecule has 4 rings (SSSR count). The molecule has 2 aliphatic rings. The number of benzene rings is 1. The van der Waals surface area contributed by atoms with Gasteiger partial charge in [-0.25, -0.2) is 9.37 Å². The SMILES string of the molecule is Cc1ccnc(Cl)c1-c1cc2c(cc1F)NC(C)(C)C1(O)CCCC21C. The average molecular weight is 375 g/mol. The van der Waals surface area contributed by atoms with Gasteiger partial charge in [0.15, 0.2) is 0 Å². The van der Waals surface area contributed by atoms with Crippen LogP contribution in [0.4, 0.5) is 10.1 Å². The summed E-state index contributed by atoms with van der Waals surface area (Å²) in [5.74, 6) is -0.336. The van der Waals surface area contributed by atoms with Crippen molar-refractivity contribution in [3.63, 3.8) is 0 Å². The molecule has 5 heteroatoms. The van der Waals surface area contributed by atoms with Crippen molar-refractivity contribution in [1.82, 2.24) is 4.98 Å². The fourth-order valence-corrected chi connectivity index (χ4v) is 5.46. The molecule has 0 radical (unpaired) electrons. The van der Waals surface area contributed by atoms with Crippen molar-refractivity contribution in [3.8, 4) is 11.1 Å². The molecule has 2 unspecified atom stereocenters. The number of halogens is 2. The molecule has 0 spiro atoms. The lowest BCUT2D eigenvalue weighted by Crippen LogP contribution is -2.65. The standard InChI is InChI=1S/C21H24ClFN2O/c1-12-6-9-24-18(22)17(12)13-10-14-16(11-15(13)23)25-19(2,3)21(26)8-5-7-20(14,21)4/h6,9-11,25-26H,5,7-8H2,1-4H3. The summed E-state index contributed by atoms with van der Waals surface area (Å²) in [6, 6.07) is 5.23. The minimum absolute atomic E-state index is 0.291. The lowest BCUT2D eigenvalue weighted by molar-refractivity contribution is -0.0628. The largest absolute Gasteiger partial charge is 0.387 e. The Bertz CT molecular complexity index is 893. The Kier molecular flexibility index (Phi) is 3.71. The predicted octanol–water partition coefficient (Wildman–Crippen LogP) is 5.23. The molecule has 0 bridgehead atoms. The number of aromatic nitrogens is 1. The van der Waals surface area contributed by atoms with Crippen LogP contribution in [0.25, 0.3) is 11.1 Å². The average Bonchev–Trinajstić information content (AvgIpc) is 2.86. The fraction of sp³-hybridized carbons (Fsp3) is 0.476. The predicted molar refractivity (Wildman–Crippen MR) is 103 cm³/mol. The molecular weight excluding hydrogens is 351 g/mol. The number of nitrogens with zero attached hydrogens (tertiary/aromatic N) is 1. The van der Waals surface area contributed by atoms with E-state index in [4.69, 9.17) is 11.6 Å². The number of hydrogen-bond donors (Lipinski definition) is 2. The second-order valence-electron chi connectivity index (χ2n) is 8.47. The van der Waals surface area contributed by atoms with E-state index in [1.54, 1.807) is 12.3 Å². The first-order valence-corrected chi connectivity index (χ1v) is 9.45. The van der Waals surface area contributed by atoms with Gasteiger partial charge in [0.1, 0.15) is 11.0 Å². The van der Waals surface area contributed by atoms with Gasteiger partial charge in [0.2, 0.25) is 0 Å². The molecule has 0 amide bonds. The van der Waals surface area contributed by atoms with E-state index in [1.165, 1.54) is 0 Å². The van der Waals surface area contributed by atoms with E-state index in [9.17, 15) is 5.11 Å². The van der Waals surface area contributed by atoms with Crippen LogP contribution < -0.4 is 5.32 Å². The van der Waals surface area contributed by atoms with Gasteiger partial charge < -0.3 is 10.4 Å². The van der Waals surface area contributed by atoms with E-state index in [-0.39, 0.29) is 5.82 Å². The quantitative estimate of drug-likeness (QED) is 0.672. The third kappa shape index (κ3) is 2.12. The molecule has 26 heavy (non-hydrogen) atoms. The highest BCUT2D eigenvalue weighted by Gasteiger charge is 2.62. The zero-order chi connectivity index (χ0) is 18.9. The second kappa shape index (κ2) is 5.43. The van der Waals surface area contributed by atoms with Gasteiger partial charge in [0, 0.05) is 28.4 Å². The summed E-state index contributed by atoms with van der Waals surface area (Å²) < 4.78 is 15.1. The molecule has 138 valence electrons. The van der Waals surface area contributed by atoms with Crippen molar-refractivity contribution >= 4 is 17.3 Å².